The first-order chi connectivity index (χ1) is 13.5. The van der Waals surface area contributed by atoms with E-state index >= 15 is 0 Å². The highest BCUT2D eigenvalue weighted by atomic mass is 32.1. The van der Waals surface area contributed by atoms with Crippen molar-refractivity contribution in [3.8, 4) is 0 Å². The van der Waals surface area contributed by atoms with E-state index in [0.717, 1.165) is 51.4 Å². The molecular formula is C20H33N3O4S. The molecule has 0 spiro atoms. The first-order valence-electron chi connectivity index (χ1n) is 10.5. The summed E-state index contributed by atoms with van der Waals surface area (Å²) in [5, 5.41) is 19.5. The number of hydrogen-bond donors (Lipinski definition) is 4. The topological polar surface area (TPSA) is 99.7 Å². The Balaban J connectivity index is 2.08. The highest BCUT2D eigenvalue weighted by molar-refractivity contribution is 7.80. The van der Waals surface area contributed by atoms with Crippen molar-refractivity contribution in [3.05, 3.63) is 11.5 Å². The molecule has 0 aromatic carbocycles. The maximum absolute atomic E-state index is 12.9. The average Bonchev–Trinajstić information content (AvgIpc) is 2.68. The summed E-state index contributed by atoms with van der Waals surface area (Å²) < 4.78 is 4.88. The van der Waals surface area contributed by atoms with Crippen LogP contribution in [0.4, 0.5) is 0 Å². The van der Waals surface area contributed by atoms with Gasteiger partial charge in [-0.3, -0.25) is 9.59 Å². The fourth-order valence-electron chi connectivity index (χ4n) is 3.79. The number of carbonyl (C=O) groups is 2. The summed E-state index contributed by atoms with van der Waals surface area (Å²) in [5.74, 6) is -1.09. The van der Waals surface area contributed by atoms with Gasteiger partial charge in [0.1, 0.15) is 17.1 Å². The fourth-order valence-corrected chi connectivity index (χ4v) is 4.05. The number of nitrogens with one attached hydrogen (secondary N) is 3. The molecule has 0 aliphatic heterocycles. The summed E-state index contributed by atoms with van der Waals surface area (Å²) in [6.45, 7) is 1.84. The number of amides is 1. The summed E-state index contributed by atoms with van der Waals surface area (Å²) in [6, 6.07) is 0.214. The molecule has 2 aliphatic carbocycles. The Bertz CT molecular complexity index is 582. The zero-order valence-electron chi connectivity index (χ0n) is 16.7. The molecule has 28 heavy (non-hydrogen) atoms. The van der Waals surface area contributed by atoms with Crippen molar-refractivity contribution >= 4 is 29.1 Å². The van der Waals surface area contributed by atoms with Crippen molar-refractivity contribution in [2.24, 2.45) is 0 Å². The first kappa shape index (κ1) is 22.5. The summed E-state index contributed by atoms with van der Waals surface area (Å²) in [7, 11) is 0. The van der Waals surface area contributed by atoms with E-state index < -0.39 is 11.9 Å². The molecule has 1 amide bonds. The first-order valence-corrected chi connectivity index (χ1v) is 10.9. The van der Waals surface area contributed by atoms with Crippen molar-refractivity contribution < 1.29 is 19.4 Å². The van der Waals surface area contributed by atoms with Crippen LogP contribution in [0.25, 0.3) is 0 Å². The molecule has 8 heteroatoms. The molecule has 0 radical (unpaired) electrons. The lowest BCUT2D eigenvalue weighted by Gasteiger charge is -2.26. The van der Waals surface area contributed by atoms with Gasteiger partial charge < -0.3 is 25.8 Å². The molecule has 7 nitrogen and oxygen atoms in total. The second-order valence-electron chi connectivity index (χ2n) is 7.50. The van der Waals surface area contributed by atoms with E-state index in [1.165, 1.54) is 12.8 Å². The van der Waals surface area contributed by atoms with Gasteiger partial charge in [-0.25, -0.2) is 0 Å². The van der Waals surface area contributed by atoms with Crippen molar-refractivity contribution in [3.63, 3.8) is 0 Å². The van der Waals surface area contributed by atoms with E-state index in [2.05, 4.69) is 16.0 Å². The Morgan fingerprint density at radius 2 is 1.50 bits per heavy atom. The number of aliphatic hydroxyl groups is 1. The lowest BCUT2D eigenvalue weighted by molar-refractivity contribution is -0.141. The zero-order valence-corrected chi connectivity index (χ0v) is 17.5. The Labute approximate surface area is 172 Å². The number of rotatable bonds is 8. The second kappa shape index (κ2) is 11.9. The minimum atomic E-state index is -0.461. The third kappa shape index (κ3) is 7.30. The van der Waals surface area contributed by atoms with Crippen LogP contribution in [0.3, 0.4) is 0 Å². The molecule has 2 rings (SSSR count). The minimum Gasteiger partial charge on any atom is -0.494 e. The van der Waals surface area contributed by atoms with Crippen molar-refractivity contribution in [1.29, 1.82) is 0 Å². The highest BCUT2D eigenvalue weighted by Crippen LogP contribution is 2.20. The predicted molar refractivity (Wildman–Crippen MR) is 112 cm³/mol. The van der Waals surface area contributed by atoms with Gasteiger partial charge in [-0.1, -0.05) is 50.7 Å². The van der Waals surface area contributed by atoms with Crippen LogP contribution in [0.5, 0.6) is 0 Å². The van der Waals surface area contributed by atoms with E-state index in [1.54, 1.807) is 6.92 Å². The third-order valence-electron chi connectivity index (χ3n) is 5.28. The van der Waals surface area contributed by atoms with Crippen molar-refractivity contribution in [2.45, 2.75) is 83.2 Å². The van der Waals surface area contributed by atoms with Crippen molar-refractivity contribution in [2.75, 3.05) is 13.2 Å². The lowest BCUT2D eigenvalue weighted by Crippen LogP contribution is -2.44. The van der Waals surface area contributed by atoms with E-state index in [-0.39, 0.29) is 41.7 Å². The molecule has 0 heterocycles. The number of thiocarbonyl (C=S) groups is 1. The number of ether oxygens (including phenoxy) is 1. The summed E-state index contributed by atoms with van der Waals surface area (Å²) in [6.07, 6.45) is 10.5. The van der Waals surface area contributed by atoms with Crippen molar-refractivity contribution in [1.82, 2.24) is 16.0 Å². The van der Waals surface area contributed by atoms with Crippen LogP contribution in [0.2, 0.25) is 0 Å². The quantitative estimate of drug-likeness (QED) is 0.211. The molecule has 2 aliphatic rings. The van der Waals surface area contributed by atoms with Crippen LogP contribution in [0.15, 0.2) is 11.5 Å². The lowest BCUT2D eigenvalue weighted by atomic mass is 9.95. The van der Waals surface area contributed by atoms with Crippen LogP contribution in [-0.4, -0.2) is 47.2 Å². The SMILES string of the molecule is CCOC(=O)CNC(=S)/C(C(=O)NC1CCCCC1)=C(\O)NC1CCCCC1. The van der Waals surface area contributed by atoms with Gasteiger partial charge in [0.05, 0.1) is 6.61 Å². The van der Waals surface area contributed by atoms with Gasteiger partial charge in [0.15, 0.2) is 0 Å². The molecular weight excluding hydrogens is 378 g/mol. The molecule has 0 aromatic rings. The standard InChI is InChI=1S/C20H33N3O4S/c1-2-27-16(24)13-21-20(28)17(18(25)22-14-9-5-3-6-10-14)19(26)23-15-11-7-4-8-12-15/h14-15,22,25H,2-13H2,1H3,(H,21,28)(H,23,26)/b18-17-. The van der Waals surface area contributed by atoms with E-state index in [4.69, 9.17) is 17.0 Å². The normalized spacial score (nSPS) is 19.3. The molecule has 4 N–H and O–H groups in total. The number of esters is 1. The average molecular weight is 412 g/mol. The number of carbonyl (C=O) groups excluding carboxylic acids is 2. The van der Waals surface area contributed by atoms with Gasteiger partial charge in [0.25, 0.3) is 5.91 Å². The van der Waals surface area contributed by atoms with Gasteiger partial charge >= 0.3 is 5.97 Å². The Hall–Kier alpha value is -1.83. The highest BCUT2D eigenvalue weighted by Gasteiger charge is 2.26. The molecule has 2 fully saturated rings. The Morgan fingerprint density at radius 3 is 2.04 bits per heavy atom. The number of hydrogen-bond acceptors (Lipinski definition) is 6. The van der Waals surface area contributed by atoms with Crippen LogP contribution >= 0.6 is 12.2 Å². The van der Waals surface area contributed by atoms with Gasteiger partial charge in [0, 0.05) is 12.1 Å². The number of aliphatic hydroxyl groups excluding tert-OH is 1. The molecule has 0 saturated heterocycles. The monoisotopic (exact) mass is 411 g/mol. The Kier molecular flexibility index (Phi) is 9.54. The van der Waals surface area contributed by atoms with Crippen LogP contribution in [0, 0.1) is 0 Å². The van der Waals surface area contributed by atoms with Crippen LogP contribution in [-0.2, 0) is 14.3 Å². The molecule has 0 aromatic heterocycles. The third-order valence-corrected chi connectivity index (χ3v) is 5.62. The summed E-state index contributed by atoms with van der Waals surface area (Å²) in [5.41, 5.74) is -0.00422. The minimum absolute atomic E-state index is 0.00422. The van der Waals surface area contributed by atoms with Gasteiger partial charge in [-0.15, -0.1) is 0 Å². The Morgan fingerprint density at radius 1 is 0.964 bits per heavy atom. The van der Waals surface area contributed by atoms with Crippen LogP contribution in [0.1, 0.15) is 71.1 Å². The predicted octanol–water partition coefficient (Wildman–Crippen LogP) is 2.61. The van der Waals surface area contributed by atoms with E-state index in [9.17, 15) is 14.7 Å². The van der Waals surface area contributed by atoms with Gasteiger partial charge in [0.2, 0.25) is 5.88 Å². The molecule has 0 bridgehead atoms. The van der Waals surface area contributed by atoms with E-state index in [0.29, 0.717) is 0 Å². The smallest absolute Gasteiger partial charge is 0.325 e. The second-order valence-corrected chi connectivity index (χ2v) is 7.91. The van der Waals surface area contributed by atoms with Gasteiger partial charge in [-0.05, 0) is 32.6 Å². The van der Waals surface area contributed by atoms with E-state index in [1.807, 2.05) is 0 Å². The largest absolute Gasteiger partial charge is 0.494 e. The van der Waals surface area contributed by atoms with Crippen LogP contribution < -0.4 is 16.0 Å². The fraction of sp³-hybridized carbons (Fsp3) is 0.750. The molecule has 2 saturated carbocycles. The summed E-state index contributed by atoms with van der Waals surface area (Å²) in [4.78, 5) is 24.5. The molecule has 0 unspecified atom stereocenters. The maximum Gasteiger partial charge on any atom is 0.325 e. The van der Waals surface area contributed by atoms with Gasteiger partial charge in [-0.2, -0.15) is 0 Å². The maximum atomic E-state index is 12.9. The zero-order chi connectivity index (χ0) is 20.4. The molecule has 158 valence electrons. The summed E-state index contributed by atoms with van der Waals surface area (Å²) >= 11 is 5.33. The molecule has 0 atom stereocenters.